The summed E-state index contributed by atoms with van der Waals surface area (Å²) in [6, 6.07) is 1.98. The van der Waals surface area contributed by atoms with Gasteiger partial charge in [-0.05, 0) is 19.1 Å². The van der Waals surface area contributed by atoms with Crippen molar-refractivity contribution >= 4 is 17.5 Å². The fraction of sp³-hybridized carbons (Fsp3) is 0.308. The lowest BCUT2D eigenvalue weighted by molar-refractivity contribution is -0.153. The van der Waals surface area contributed by atoms with Crippen LogP contribution in [-0.2, 0) is 20.5 Å². The molecule has 21 heavy (non-hydrogen) atoms. The minimum atomic E-state index is -4.96. The molecule has 0 aromatic heterocycles. The maximum Gasteiger partial charge on any atom is 0.417 e. The second-order valence-electron chi connectivity index (χ2n) is 3.90. The van der Waals surface area contributed by atoms with Crippen molar-refractivity contribution in [2.45, 2.75) is 19.5 Å². The van der Waals surface area contributed by atoms with Crippen LogP contribution in [0.15, 0.2) is 18.2 Å². The first-order valence-corrected chi connectivity index (χ1v) is 5.77. The van der Waals surface area contributed by atoms with Crippen LogP contribution in [0.2, 0.25) is 0 Å². The highest BCUT2D eigenvalue weighted by Crippen LogP contribution is 2.33. The van der Waals surface area contributed by atoms with Crippen molar-refractivity contribution in [2.75, 3.05) is 6.61 Å². The van der Waals surface area contributed by atoms with E-state index in [4.69, 9.17) is 0 Å². The number of halogens is 4. The largest absolute Gasteiger partial charge is 0.460 e. The van der Waals surface area contributed by atoms with Gasteiger partial charge in [0.15, 0.2) is 5.78 Å². The Morgan fingerprint density at radius 1 is 1.19 bits per heavy atom. The molecule has 0 bridgehead atoms. The number of esters is 1. The van der Waals surface area contributed by atoms with Crippen LogP contribution >= 0.6 is 0 Å². The fourth-order valence-corrected chi connectivity index (χ4v) is 1.56. The van der Waals surface area contributed by atoms with Gasteiger partial charge in [-0.3, -0.25) is 9.59 Å². The highest BCUT2D eigenvalue weighted by molar-refractivity contribution is 6.38. The number of alkyl halides is 3. The lowest BCUT2D eigenvalue weighted by Crippen LogP contribution is -2.23. The topological polar surface area (TPSA) is 60.4 Å². The van der Waals surface area contributed by atoms with Crippen LogP contribution in [0.1, 0.15) is 29.3 Å². The molecule has 1 aromatic carbocycles. The third-order valence-corrected chi connectivity index (χ3v) is 2.42. The molecule has 1 aromatic rings. The number of rotatable bonds is 5. The summed E-state index contributed by atoms with van der Waals surface area (Å²) >= 11 is 0. The van der Waals surface area contributed by atoms with E-state index in [9.17, 15) is 31.9 Å². The van der Waals surface area contributed by atoms with E-state index in [1.165, 1.54) is 6.92 Å². The van der Waals surface area contributed by atoms with E-state index >= 15 is 0 Å². The number of ketones is 2. The number of hydrogen-bond acceptors (Lipinski definition) is 4. The molecule has 0 heterocycles. The van der Waals surface area contributed by atoms with Crippen molar-refractivity contribution in [3.05, 3.63) is 35.1 Å². The molecule has 0 unspecified atom stereocenters. The molecule has 0 N–H and O–H groups in total. The Bertz CT molecular complexity index is 578. The summed E-state index contributed by atoms with van der Waals surface area (Å²) in [5.41, 5.74) is -2.76. The second kappa shape index (κ2) is 6.47. The van der Waals surface area contributed by atoms with Crippen molar-refractivity contribution in [3.63, 3.8) is 0 Å². The third kappa shape index (κ3) is 4.11. The van der Waals surface area contributed by atoms with Crippen LogP contribution < -0.4 is 0 Å². The van der Waals surface area contributed by atoms with E-state index in [1.54, 1.807) is 0 Å². The highest BCUT2D eigenvalue weighted by Gasteiger charge is 2.37. The summed E-state index contributed by atoms with van der Waals surface area (Å²) in [7, 11) is 0. The second-order valence-corrected chi connectivity index (χ2v) is 3.90. The maximum absolute atomic E-state index is 13.5. The van der Waals surface area contributed by atoms with Crippen molar-refractivity contribution in [1.29, 1.82) is 0 Å². The molecule has 0 radical (unpaired) electrons. The van der Waals surface area contributed by atoms with Gasteiger partial charge in [0.1, 0.15) is 5.82 Å². The van der Waals surface area contributed by atoms with E-state index in [0.29, 0.717) is 12.1 Å². The highest BCUT2D eigenvalue weighted by atomic mass is 19.4. The number of carbonyl (C=O) groups is 3. The molecule has 0 saturated carbocycles. The summed E-state index contributed by atoms with van der Waals surface area (Å²) < 4.78 is 55.9. The van der Waals surface area contributed by atoms with Crippen molar-refractivity contribution in [3.8, 4) is 0 Å². The zero-order valence-corrected chi connectivity index (χ0v) is 10.8. The van der Waals surface area contributed by atoms with Crippen LogP contribution in [0.3, 0.4) is 0 Å². The van der Waals surface area contributed by atoms with Crippen LogP contribution in [0.5, 0.6) is 0 Å². The van der Waals surface area contributed by atoms with Gasteiger partial charge in [-0.25, -0.2) is 9.18 Å². The van der Waals surface area contributed by atoms with Crippen LogP contribution in [-0.4, -0.2) is 24.1 Å². The van der Waals surface area contributed by atoms with Gasteiger partial charge >= 0.3 is 12.1 Å². The Morgan fingerprint density at radius 3 is 2.33 bits per heavy atom. The lowest BCUT2D eigenvalue weighted by atomic mass is 9.99. The zero-order valence-electron chi connectivity index (χ0n) is 10.8. The quantitative estimate of drug-likeness (QED) is 0.276. The van der Waals surface area contributed by atoms with E-state index in [1.807, 2.05) is 0 Å². The first-order chi connectivity index (χ1) is 9.68. The van der Waals surface area contributed by atoms with Gasteiger partial charge in [0, 0.05) is 0 Å². The van der Waals surface area contributed by atoms with Crippen LogP contribution in [0.25, 0.3) is 0 Å². The van der Waals surface area contributed by atoms with Gasteiger partial charge in [-0.15, -0.1) is 0 Å². The van der Waals surface area contributed by atoms with E-state index in [-0.39, 0.29) is 6.61 Å². The number of hydrogen-bond donors (Lipinski definition) is 0. The molecular weight excluding hydrogens is 296 g/mol. The predicted octanol–water partition coefficient (Wildman–Crippen LogP) is 2.55. The Hall–Kier alpha value is -2.25. The van der Waals surface area contributed by atoms with E-state index in [2.05, 4.69) is 4.74 Å². The normalized spacial score (nSPS) is 11.1. The number of benzene rings is 1. The Kier molecular flexibility index (Phi) is 5.17. The van der Waals surface area contributed by atoms with Crippen molar-refractivity contribution in [2.24, 2.45) is 0 Å². The van der Waals surface area contributed by atoms with E-state index < -0.39 is 47.1 Å². The number of carbonyl (C=O) groups excluding carboxylic acids is 3. The molecule has 4 nitrogen and oxygen atoms in total. The predicted molar refractivity (Wildman–Crippen MR) is 62.0 cm³/mol. The molecule has 0 aliphatic carbocycles. The monoisotopic (exact) mass is 306 g/mol. The molecule has 1 rings (SSSR count). The summed E-state index contributed by atoms with van der Waals surface area (Å²) in [6.45, 7) is 1.28. The molecule has 0 atom stereocenters. The zero-order chi connectivity index (χ0) is 16.2. The van der Waals surface area contributed by atoms with Gasteiger partial charge in [-0.1, -0.05) is 6.07 Å². The molecule has 0 spiro atoms. The van der Waals surface area contributed by atoms with Crippen molar-refractivity contribution in [1.82, 2.24) is 0 Å². The molecular formula is C13H10F4O4. The maximum atomic E-state index is 13.5. The molecule has 0 aliphatic rings. The summed E-state index contributed by atoms with van der Waals surface area (Å²) in [6.07, 6.45) is -6.15. The van der Waals surface area contributed by atoms with Crippen molar-refractivity contribution < 1.29 is 36.7 Å². The van der Waals surface area contributed by atoms with Gasteiger partial charge in [0.25, 0.3) is 0 Å². The standard InChI is InChI=1S/C13H10F4O4/c1-2-21-12(20)10(19)6-9(18)11-7(13(15,16)17)4-3-5-8(11)14/h3-5H,2,6H2,1H3. The first-order valence-electron chi connectivity index (χ1n) is 5.77. The lowest BCUT2D eigenvalue weighted by Gasteiger charge is -2.12. The summed E-state index contributed by atoms with van der Waals surface area (Å²) in [4.78, 5) is 34.0. The van der Waals surface area contributed by atoms with Gasteiger partial charge in [0.05, 0.1) is 24.2 Å². The SMILES string of the molecule is CCOC(=O)C(=O)CC(=O)c1c(F)cccc1C(F)(F)F. The Labute approximate surface area is 116 Å². The van der Waals surface area contributed by atoms with Gasteiger partial charge in [0.2, 0.25) is 5.78 Å². The molecule has 0 aliphatic heterocycles. The Balaban J connectivity index is 3.09. The smallest absolute Gasteiger partial charge is 0.417 e. The molecule has 114 valence electrons. The molecule has 0 amide bonds. The van der Waals surface area contributed by atoms with E-state index in [0.717, 1.165) is 6.07 Å². The Morgan fingerprint density at radius 2 is 1.81 bits per heavy atom. The fourth-order valence-electron chi connectivity index (χ4n) is 1.56. The van der Waals surface area contributed by atoms with Crippen LogP contribution in [0, 0.1) is 5.82 Å². The average Bonchev–Trinajstić information content (AvgIpc) is 2.37. The third-order valence-electron chi connectivity index (χ3n) is 2.42. The minimum Gasteiger partial charge on any atom is -0.460 e. The van der Waals surface area contributed by atoms with Crippen LogP contribution in [0.4, 0.5) is 17.6 Å². The summed E-state index contributed by atoms with van der Waals surface area (Å²) in [5, 5.41) is 0. The van der Waals surface area contributed by atoms with Gasteiger partial charge in [-0.2, -0.15) is 13.2 Å². The average molecular weight is 306 g/mol. The molecule has 0 fully saturated rings. The molecule has 0 saturated heterocycles. The number of ether oxygens (including phenoxy) is 1. The first kappa shape index (κ1) is 16.8. The number of Topliss-reactive ketones (excluding diaryl/α,β-unsaturated/α-hetero) is 2. The molecule has 8 heteroatoms. The minimum absolute atomic E-state index is 0.133. The van der Waals surface area contributed by atoms with Gasteiger partial charge < -0.3 is 4.74 Å². The summed E-state index contributed by atoms with van der Waals surface area (Å²) in [5.74, 6) is -5.53.